The van der Waals surface area contributed by atoms with Crippen molar-refractivity contribution in [3.05, 3.63) is 60.9 Å². The van der Waals surface area contributed by atoms with Gasteiger partial charge < -0.3 is 14.6 Å². The molecule has 0 radical (unpaired) electrons. The smallest absolute Gasteiger partial charge is 0.407 e. The lowest BCUT2D eigenvalue weighted by molar-refractivity contribution is 0.199. The van der Waals surface area contributed by atoms with Crippen LogP contribution in [0.2, 0.25) is 0 Å². The molecule has 0 atom stereocenters. The number of carbonyl (C=O) groups excluding carboxylic acids is 1. The first-order valence-electron chi connectivity index (χ1n) is 8.81. The molecule has 0 saturated heterocycles. The minimum atomic E-state index is -0.458. The van der Waals surface area contributed by atoms with Gasteiger partial charge in [-0.25, -0.2) is 14.5 Å². The Balaban J connectivity index is 1.58. The molecule has 0 unspecified atom stereocenters. The van der Waals surface area contributed by atoms with E-state index in [1.54, 1.807) is 18.7 Å². The van der Waals surface area contributed by atoms with Crippen LogP contribution < -0.4 is 10.1 Å². The van der Waals surface area contributed by atoms with Gasteiger partial charge in [0, 0.05) is 25.5 Å². The Labute approximate surface area is 152 Å². The SMILES string of the molecule is CCCc1c(OC(=O)NCCCn2ccnc2)cnn1-c1ccccc1. The second-order valence-corrected chi connectivity index (χ2v) is 5.92. The molecule has 7 heteroatoms. The summed E-state index contributed by atoms with van der Waals surface area (Å²) in [6.45, 7) is 3.42. The molecule has 2 aromatic heterocycles. The van der Waals surface area contributed by atoms with Crippen molar-refractivity contribution < 1.29 is 9.53 Å². The van der Waals surface area contributed by atoms with Crippen LogP contribution in [0.5, 0.6) is 5.75 Å². The molecule has 0 spiro atoms. The van der Waals surface area contributed by atoms with Gasteiger partial charge >= 0.3 is 6.09 Å². The molecule has 0 fully saturated rings. The molecule has 0 aliphatic rings. The molecule has 0 saturated carbocycles. The summed E-state index contributed by atoms with van der Waals surface area (Å²) in [5.41, 5.74) is 1.85. The zero-order valence-electron chi connectivity index (χ0n) is 14.8. The molecular formula is C19H23N5O2. The number of aromatic nitrogens is 4. The predicted molar refractivity (Wildman–Crippen MR) is 98.4 cm³/mol. The third-order valence-electron chi connectivity index (χ3n) is 3.94. The van der Waals surface area contributed by atoms with Gasteiger partial charge in [0.1, 0.15) is 0 Å². The average molecular weight is 353 g/mol. The average Bonchev–Trinajstić information content (AvgIpc) is 3.31. The molecule has 1 N–H and O–H groups in total. The molecule has 136 valence electrons. The van der Waals surface area contributed by atoms with E-state index in [-0.39, 0.29) is 0 Å². The maximum absolute atomic E-state index is 12.1. The minimum absolute atomic E-state index is 0.458. The van der Waals surface area contributed by atoms with Crippen LogP contribution in [0, 0.1) is 0 Å². The number of hydrogen-bond acceptors (Lipinski definition) is 4. The Bertz CT molecular complexity index is 812. The Hall–Kier alpha value is -3.09. The van der Waals surface area contributed by atoms with E-state index in [2.05, 4.69) is 22.3 Å². The lowest BCUT2D eigenvalue weighted by atomic mass is 10.2. The lowest BCUT2D eigenvalue weighted by Gasteiger charge is -2.10. The van der Waals surface area contributed by atoms with Crippen molar-refractivity contribution in [2.75, 3.05) is 6.54 Å². The van der Waals surface area contributed by atoms with Crippen molar-refractivity contribution in [3.8, 4) is 11.4 Å². The number of imidazole rings is 1. The van der Waals surface area contributed by atoms with E-state index in [1.165, 1.54) is 0 Å². The summed E-state index contributed by atoms with van der Waals surface area (Å²) in [6.07, 6.45) is 9.04. The van der Waals surface area contributed by atoms with Crippen LogP contribution >= 0.6 is 0 Å². The van der Waals surface area contributed by atoms with Crippen LogP contribution in [-0.4, -0.2) is 32.0 Å². The maximum Gasteiger partial charge on any atom is 0.412 e. The molecule has 0 aliphatic carbocycles. The molecule has 3 rings (SSSR count). The molecule has 3 aromatic rings. The van der Waals surface area contributed by atoms with E-state index in [0.717, 1.165) is 37.2 Å². The van der Waals surface area contributed by atoms with Crippen LogP contribution in [0.4, 0.5) is 4.79 Å². The zero-order valence-corrected chi connectivity index (χ0v) is 14.8. The Morgan fingerprint density at radius 3 is 2.85 bits per heavy atom. The first-order chi connectivity index (χ1) is 12.8. The number of ether oxygens (including phenoxy) is 1. The summed E-state index contributed by atoms with van der Waals surface area (Å²) in [6, 6.07) is 9.83. The first kappa shape index (κ1) is 17.7. The highest BCUT2D eigenvalue weighted by molar-refractivity contribution is 5.70. The molecule has 1 amide bonds. The summed E-state index contributed by atoms with van der Waals surface area (Å²) in [7, 11) is 0. The number of para-hydroxylation sites is 1. The molecule has 26 heavy (non-hydrogen) atoms. The lowest BCUT2D eigenvalue weighted by Crippen LogP contribution is -2.28. The predicted octanol–water partition coefficient (Wildman–Crippen LogP) is 3.20. The largest absolute Gasteiger partial charge is 0.412 e. The van der Waals surface area contributed by atoms with Gasteiger partial charge in [-0.2, -0.15) is 5.10 Å². The quantitative estimate of drug-likeness (QED) is 0.631. The van der Waals surface area contributed by atoms with Gasteiger partial charge in [-0.05, 0) is 25.0 Å². The zero-order chi connectivity index (χ0) is 18.2. The Morgan fingerprint density at radius 1 is 1.27 bits per heavy atom. The highest BCUT2D eigenvalue weighted by atomic mass is 16.6. The third kappa shape index (κ3) is 4.50. The van der Waals surface area contributed by atoms with Crippen LogP contribution in [0.1, 0.15) is 25.5 Å². The molecule has 1 aromatic carbocycles. The van der Waals surface area contributed by atoms with Crippen LogP contribution in [-0.2, 0) is 13.0 Å². The highest BCUT2D eigenvalue weighted by Crippen LogP contribution is 2.23. The van der Waals surface area contributed by atoms with Crippen LogP contribution in [0.3, 0.4) is 0 Å². The number of benzene rings is 1. The third-order valence-corrected chi connectivity index (χ3v) is 3.94. The second kappa shape index (κ2) is 8.84. The van der Waals surface area contributed by atoms with Gasteiger partial charge in [0.25, 0.3) is 0 Å². The van der Waals surface area contributed by atoms with E-state index in [1.807, 2.05) is 45.8 Å². The fourth-order valence-electron chi connectivity index (χ4n) is 2.71. The monoisotopic (exact) mass is 353 g/mol. The van der Waals surface area contributed by atoms with Crippen molar-refractivity contribution in [1.82, 2.24) is 24.6 Å². The molecule has 2 heterocycles. The maximum atomic E-state index is 12.1. The molecule has 0 aliphatic heterocycles. The summed E-state index contributed by atoms with van der Waals surface area (Å²) in [5.74, 6) is 0.503. The standard InChI is InChI=1S/C19H23N5O2/c1-2-7-17-18(14-22-24(17)16-8-4-3-5-9-16)26-19(25)21-10-6-12-23-13-11-20-15-23/h3-5,8-9,11,13-15H,2,6-7,10,12H2,1H3,(H,21,25). The van der Waals surface area contributed by atoms with E-state index < -0.39 is 6.09 Å². The number of rotatable bonds is 8. The van der Waals surface area contributed by atoms with Crippen LogP contribution in [0.15, 0.2) is 55.2 Å². The van der Waals surface area contributed by atoms with Crippen molar-refractivity contribution in [2.24, 2.45) is 0 Å². The van der Waals surface area contributed by atoms with Gasteiger partial charge in [-0.15, -0.1) is 0 Å². The fourth-order valence-corrected chi connectivity index (χ4v) is 2.71. The number of nitrogens with zero attached hydrogens (tertiary/aromatic N) is 4. The summed E-state index contributed by atoms with van der Waals surface area (Å²) in [4.78, 5) is 16.1. The van der Waals surface area contributed by atoms with Crippen molar-refractivity contribution >= 4 is 6.09 Å². The van der Waals surface area contributed by atoms with Crippen molar-refractivity contribution in [2.45, 2.75) is 32.7 Å². The number of nitrogens with one attached hydrogen (secondary N) is 1. The first-order valence-corrected chi connectivity index (χ1v) is 8.81. The molecule has 0 bridgehead atoms. The summed E-state index contributed by atoms with van der Waals surface area (Å²) in [5, 5.41) is 7.17. The highest BCUT2D eigenvalue weighted by Gasteiger charge is 2.15. The van der Waals surface area contributed by atoms with E-state index in [0.29, 0.717) is 12.3 Å². The fraction of sp³-hybridized carbons (Fsp3) is 0.316. The van der Waals surface area contributed by atoms with Gasteiger partial charge in [0.05, 0.1) is 23.9 Å². The normalized spacial score (nSPS) is 10.7. The number of aryl methyl sites for hydroxylation is 1. The van der Waals surface area contributed by atoms with Crippen molar-refractivity contribution in [1.29, 1.82) is 0 Å². The number of amides is 1. The summed E-state index contributed by atoms with van der Waals surface area (Å²) < 4.78 is 9.28. The van der Waals surface area contributed by atoms with Gasteiger partial charge in [-0.1, -0.05) is 31.5 Å². The van der Waals surface area contributed by atoms with Gasteiger partial charge in [0.15, 0.2) is 5.75 Å². The summed E-state index contributed by atoms with van der Waals surface area (Å²) >= 11 is 0. The van der Waals surface area contributed by atoms with Gasteiger partial charge in [0.2, 0.25) is 0 Å². The van der Waals surface area contributed by atoms with E-state index in [4.69, 9.17) is 4.74 Å². The molecular weight excluding hydrogens is 330 g/mol. The number of hydrogen-bond donors (Lipinski definition) is 1. The topological polar surface area (TPSA) is 74.0 Å². The van der Waals surface area contributed by atoms with E-state index >= 15 is 0 Å². The Kier molecular flexibility index (Phi) is 6.03. The van der Waals surface area contributed by atoms with Crippen molar-refractivity contribution in [3.63, 3.8) is 0 Å². The molecule has 7 nitrogen and oxygen atoms in total. The second-order valence-electron chi connectivity index (χ2n) is 5.92. The Morgan fingerprint density at radius 2 is 2.12 bits per heavy atom. The van der Waals surface area contributed by atoms with Gasteiger partial charge in [-0.3, -0.25) is 0 Å². The van der Waals surface area contributed by atoms with E-state index in [9.17, 15) is 4.79 Å². The number of carbonyl (C=O) groups is 1. The minimum Gasteiger partial charge on any atom is -0.407 e. The van der Waals surface area contributed by atoms with Crippen LogP contribution in [0.25, 0.3) is 5.69 Å².